The first kappa shape index (κ1) is 15.1. The molecule has 0 aliphatic carbocycles. The fourth-order valence-electron chi connectivity index (χ4n) is 1.98. The fourth-order valence-corrected chi connectivity index (χ4v) is 1.98. The van der Waals surface area contributed by atoms with Crippen LogP contribution < -0.4 is 14.8 Å². The average molecular weight is 292 g/mol. The van der Waals surface area contributed by atoms with E-state index in [4.69, 9.17) is 9.47 Å². The van der Waals surface area contributed by atoms with Crippen LogP contribution in [0.25, 0.3) is 0 Å². The maximum atomic E-state index is 13.4. The molecule has 2 aromatic rings. The first-order valence-electron chi connectivity index (χ1n) is 6.48. The summed E-state index contributed by atoms with van der Waals surface area (Å²) in [5, 5.41) is 3.22. The van der Waals surface area contributed by atoms with Crippen LogP contribution in [0.3, 0.4) is 0 Å². The average Bonchev–Trinajstić information content (AvgIpc) is 2.52. The first-order chi connectivity index (χ1) is 10.2. The molecule has 0 spiro atoms. The molecule has 0 radical (unpaired) electrons. The summed E-state index contributed by atoms with van der Waals surface area (Å²) in [5.74, 6) is 0.267. The molecule has 0 aliphatic heterocycles. The zero-order valence-electron chi connectivity index (χ0n) is 12.1. The number of methoxy groups -OCH3 is 2. The highest BCUT2D eigenvalue weighted by molar-refractivity contribution is 5.33. The minimum absolute atomic E-state index is 0.324. The van der Waals surface area contributed by atoms with Gasteiger partial charge in [0, 0.05) is 6.20 Å². The number of pyridine rings is 1. The van der Waals surface area contributed by atoms with E-state index in [1.807, 2.05) is 6.92 Å². The van der Waals surface area contributed by atoms with Gasteiger partial charge in [-0.05, 0) is 18.2 Å². The van der Waals surface area contributed by atoms with Gasteiger partial charge in [0.1, 0.15) is 11.5 Å². The second-order valence-corrected chi connectivity index (χ2v) is 4.23. The van der Waals surface area contributed by atoms with E-state index in [0.29, 0.717) is 29.6 Å². The van der Waals surface area contributed by atoms with Crippen molar-refractivity contribution in [1.82, 2.24) is 20.3 Å². The summed E-state index contributed by atoms with van der Waals surface area (Å²) in [6, 6.07) is 1.04. The Bertz CT molecular complexity index is 609. The predicted molar refractivity (Wildman–Crippen MR) is 74.9 cm³/mol. The Morgan fingerprint density at radius 3 is 2.67 bits per heavy atom. The molecule has 2 aromatic heterocycles. The molecule has 0 fully saturated rings. The van der Waals surface area contributed by atoms with Gasteiger partial charge in [-0.3, -0.25) is 4.98 Å². The SMILES string of the molecule is CCNC(c1cncc(F)c1)c1ncc(OC)nc1OC. The molecule has 0 saturated carbocycles. The zero-order valence-corrected chi connectivity index (χ0v) is 12.1. The van der Waals surface area contributed by atoms with Crippen molar-refractivity contribution in [2.75, 3.05) is 20.8 Å². The summed E-state index contributed by atoms with van der Waals surface area (Å²) in [4.78, 5) is 12.4. The van der Waals surface area contributed by atoms with Crippen LogP contribution in [0.5, 0.6) is 11.8 Å². The van der Waals surface area contributed by atoms with Crippen molar-refractivity contribution in [1.29, 1.82) is 0 Å². The third-order valence-corrected chi connectivity index (χ3v) is 2.89. The van der Waals surface area contributed by atoms with Crippen molar-refractivity contribution in [2.24, 2.45) is 0 Å². The summed E-state index contributed by atoms with van der Waals surface area (Å²) in [6.07, 6.45) is 4.24. The minimum atomic E-state index is -0.407. The van der Waals surface area contributed by atoms with E-state index in [1.54, 1.807) is 6.20 Å². The van der Waals surface area contributed by atoms with Crippen LogP contribution in [0.4, 0.5) is 4.39 Å². The van der Waals surface area contributed by atoms with E-state index in [-0.39, 0.29) is 6.04 Å². The number of ether oxygens (including phenoxy) is 2. The van der Waals surface area contributed by atoms with Crippen LogP contribution in [0.2, 0.25) is 0 Å². The number of nitrogens with zero attached hydrogens (tertiary/aromatic N) is 3. The van der Waals surface area contributed by atoms with Crippen LogP contribution >= 0.6 is 0 Å². The van der Waals surface area contributed by atoms with E-state index in [0.717, 1.165) is 6.20 Å². The Morgan fingerprint density at radius 1 is 1.24 bits per heavy atom. The molecule has 1 N–H and O–H groups in total. The van der Waals surface area contributed by atoms with Gasteiger partial charge >= 0.3 is 0 Å². The highest BCUT2D eigenvalue weighted by Crippen LogP contribution is 2.28. The normalized spacial score (nSPS) is 12.0. The molecule has 1 atom stereocenters. The maximum Gasteiger partial charge on any atom is 0.240 e. The van der Waals surface area contributed by atoms with E-state index < -0.39 is 5.82 Å². The van der Waals surface area contributed by atoms with Crippen molar-refractivity contribution < 1.29 is 13.9 Å². The van der Waals surface area contributed by atoms with Crippen LogP contribution in [0.15, 0.2) is 24.7 Å². The third-order valence-electron chi connectivity index (χ3n) is 2.89. The number of nitrogens with one attached hydrogen (secondary N) is 1. The van der Waals surface area contributed by atoms with Crippen molar-refractivity contribution in [3.8, 4) is 11.8 Å². The molecule has 7 heteroatoms. The van der Waals surface area contributed by atoms with Gasteiger partial charge in [0.2, 0.25) is 11.8 Å². The Hall–Kier alpha value is -2.28. The highest BCUT2D eigenvalue weighted by Gasteiger charge is 2.21. The van der Waals surface area contributed by atoms with Gasteiger partial charge in [-0.25, -0.2) is 9.37 Å². The molecule has 2 heterocycles. The van der Waals surface area contributed by atoms with Gasteiger partial charge in [0.25, 0.3) is 0 Å². The first-order valence-corrected chi connectivity index (χ1v) is 6.48. The van der Waals surface area contributed by atoms with E-state index in [2.05, 4.69) is 20.3 Å². The lowest BCUT2D eigenvalue weighted by atomic mass is 10.1. The summed E-state index contributed by atoms with van der Waals surface area (Å²) >= 11 is 0. The predicted octanol–water partition coefficient (Wildman–Crippen LogP) is 1.73. The lowest BCUT2D eigenvalue weighted by molar-refractivity contribution is 0.352. The van der Waals surface area contributed by atoms with Gasteiger partial charge in [-0.15, -0.1) is 0 Å². The molecular weight excluding hydrogens is 275 g/mol. The van der Waals surface area contributed by atoms with Crippen LogP contribution in [0, 0.1) is 5.82 Å². The lowest BCUT2D eigenvalue weighted by Crippen LogP contribution is -2.24. The molecule has 21 heavy (non-hydrogen) atoms. The third kappa shape index (κ3) is 3.43. The number of aromatic nitrogens is 3. The van der Waals surface area contributed by atoms with Crippen LogP contribution in [-0.2, 0) is 0 Å². The molecule has 0 amide bonds. The van der Waals surface area contributed by atoms with Crippen molar-refractivity contribution >= 4 is 0 Å². The number of hydrogen-bond acceptors (Lipinski definition) is 6. The molecule has 1 unspecified atom stereocenters. The summed E-state index contributed by atoms with van der Waals surface area (Å²) in [7, 11) is 3.00. The van der Waals surface area contributed by atoms with Gasteiger partial charge in [-0.1, -0.05) is 6.92 Å². The molecule has 112 valence electrons. The van der Waals surface area contributed by atoms with Gasteiger partial charge in [0.05, 0.1) is 32.7 Å². The topological polar surface area (TPSA) is 69.2 Å². The molecule has 0 aromatic carbocycles. The van der Waals surface area contributed by atoms with Crippen molar-refractivity contribution in [3.05, 3.63) is 41.7 Å². The second kappa shape index (κ2) is 6.94. The Labute approximate surface area is 122 Å². The highest BCUT2D eigenvalue weighted by atomic mass is 19.1. The quantitative estimate of drug-likeness (QED) is 0.874. The van der Waals surface area contributed by atoms with Gasteiger partial charge in [-0.2, -0.15) is 4.98 Å². The van der Waals surface area contributed by atoms with Crippen molar-refractivity contribution in [2.45, 2.75) is 13.0 Å². The molecule has 0 aliphatic rings. The number of halogens is 1. The largest absolute Gasteiger partial charge is 0.480 e. The second-order valence-electron chi connectivity index (χ2n) is 4.23. The van der Waals surface area contributed by atoms with E-state index in [9.17, 15) is 4.39 Å². The van der Waals surface area contributed by atoms with E-state index in [1.165, 1.54) is 26.5 Å². The van der Waals surface area contributed by atoms with Gasteiger partial charge < -0.3 is 14.8 Å². The number of rotatable bonds is 6. The summed E-state index contributed by atoms with van der Waals surface area (Å²) < 4.78 is 23.7. The smallest absolute Gasteiger partial charge is 0.240 e. The lowest BCUT2D eigenvalue weighted by Gasteiger charge is -2.19. The fraction of sp³-hybridized carbons (Fsp3) is 0.357. The molecule has 0 bridgehead atoms. The van der Waals surface area contributed by atoms with E-state index >= 15 is 0 Å². The van der Waals surface area contributed by atoms with Crippen molar-refractivity contribution in [3.63, 3.8) is 0 Å². The Balaban J connectivity index is 2.47. The minimum Gasteiger partial charge on any atom is -0.480 e. The summed E-state index contributed by atoms with van der Waals surface area (Å²) in [5.41, 5.74) is 1.20. The number of hydrogen-bond donors (Lipinski definition) is 1. The monoisotopic (exact) mass is 292 g/mol. The Morgan fingerprint density at radius 2 is 2.05 bits per heavy atom. The molecule has 0 saturated heterocycles. The van der Waals surface area contributed by atoms with Gasteiger partial charge in [0.15, 0.2) is 0 Å². The standard InChI is InChI=1S/C14H17FN4O2/c1-4-17-12(9-5-10(15)7-16-6-9)13-14(21-3)19-11(20-2)8-18-13/h5-8,12,17H,4H2,1-3H3. The summed E-state index contributed by atoms with van der Waals surface area (Å²) in [6.45, 7) is 2.61. The maximum absolute atomic E-state index is 13.4. The zero-order chi connectivity index (χ0) is 15.2. The van der Waals surface area contributed by atoms with Crippen LogP contribution in [-0.4, -0.2) is 35.7 Å². The molecule has 6 nitrogen and oxygen atoms in total. The van der Waals surface area contributed by atoms with Crippen LogP contribution in [0.1, 0.15) is 24.2 Å². The Kier molecular flexibility index (Phi) is 4.99. The molecule has 2 rings (SSSR count). The molecular formula is C14H17FN4O2.